The monoisotopic (exact) mass is 364 g/mol. The van der Waals surface area contributed by atoms with Crippen molar-refractivity contribution in [1.82, 2.24) is 14.8 Å². The topological polar surface area (TPSA) is 66.0 Å². The normalized spacial score (nSPS) is 11.8. The van der Waals surface area contributed by atoms with Crippen molar-refractivity contribution < 1.29 is 22.3 Å². The van der Waals surface area contributed by atoms with Gasteiger partial charge in [0.25, 0.3) is 0 Å². The molecule has 3 aromatic rings. The summed E-state index contributed by atoms with van der Waals surface area (Å²) < 4.78 is 55.3. The number of nitrogen functional groups attached to an aromatic ring is 1. The number of halogens is 4. The van der Waals surface area contributed by atoms with Crippen LogP contribution < -0.4 is 10.5 Å². The van der Waals surface area contributed by atoms with E-state index in [9.17, 15) is 17.6 Å². The highest BCUT2D eigenvalue weighted by atomic mass is 19.4. The van der Waals surface area contributed by atoms with E-state index in [1.54, 1.807) is 6.07 Å². The second-order valence-electron chi connectivity index (χ2n) is 5.20. The van der Waals surface area contributed by atoms with E-state index in [1.807, 2.05) is 0 Å². The molecular weight excluding hydrogens is 352 g/mol. The zero-order valence-electron chi connectivity index (χ0n) is 13.1. The van der Waals surface area contributed by atoms with Crippen LogP contribution in [0.25, 0.3) is 17.8 Å². The van der Waals surface area contributed by atoms with Gasteiger partial charge in [-0.2, -0.15) is 0 Å². The third-order valence-electron chi connectivity index (χ3n) is 3.28. The number of hydrogen-bond acceptors (Lipinski definition) is 4. The number of ether oxygens (including phenoxy) is 1. The van der Waals surface area contributed by atoms with E-state index < -0.39 is 12.2 Å². The Kier molecular flexibility index (Phi) is 4.61. The van der Waals surface area contributed by atoms with Gasteiger partial charge in [0.2, 0.25) is 0 Å². The van der Waals surface area contributed by atoms with Crippen molar-refractivity contribution in [1.29, 1.82) is 0 Å². The summed E-state index contributed by atoms with van der Waals surface area (Å²) in [5, 5.41) is 4.16. The maximum atomic E-state index is 13.7. The molecule has 0 fully saturated rings. The van der Waals surface area contributed by atoms with Gasteiger partial charge in [-0.15, -0.1) is 18.3 Å². The van der Waals surface area contributed by atoms with E-state index in [0.717, 1.165) is 0 Å². The largest absolute Gasteiger partial charge is 0.573 e. The molecule has 0 amide bonds. The van der Waals surface area contributed by atoms with Gasteiger partial charge < -0.3 is 10.5 Å². The second kappa shape index (κ2) is 6.87. The Labute approximate surface area is 145 Å². The van der Waals surface area contributed by atoms with Crippen molar-refractivity contribution >= 4 is 17.8 Å². The molecule has 1 aromatic heterocycles. The number of anilines is 1. The lowest BCUT2D eigenvalue weighted by atomic mass is 10.2. The van der Waals surface area contributed by atoms with Crippen LogP contribution in [-0.4, -0.2) is 21.1 Å². The first-order valence-corrected chi connectivity index (χ1v) is 7.31. The van der Waals surface area contributed by atoms with Crippen LogP contribution in [0.5, 0.6) is 5.75 Å². The summed E-state index contributed by atoms with van der Waals surface area (Å²) in [6.07, 6.45) is -0.357. The lowest BCUT2D eigenvalue weighted by Gasteiger charge is -2.09. The lowest BCUT2D eigenvalue weighted by molar-refractivity contribution is -0.274. The third kappa shape index (κ3) is 4.38. The van der Waals surface area contributed by atoms with E-state index >= 15 is 0 Å². The van der Waals surface area contributed by atoms with Gasteiger partial charge in [-0.3, -0.25) is 0 Å². The molecule has 0 saturated heterocycles. The third-order valence-corrected chi connectivity index (χ3v) is 3.28. The van der Waals surface area contributed by atoms with Gasteiger partial charge in [0.05, 0.1) is 5.69 Å². The molecule has 0 bridgehead atoms. The van der Waals surface area contributed by atoms with Crippen LogP contribution in [0.15, 0.2) is 48.8 Å². The van der Waals surface area contributed by atoms with Gasteiger partial charge in [-0.25, -0.2) is 14.1 Å². The Morgan fingerprint density at radius 3 is 2.42 bits per heavy atom. The number of rotatable bonds is 4. The van der Waals surface area contributed by atoms with Crippen molar-refractivity contribution in [3.8, 4) is 11.4 Å². The minimum atomic E-state index is -4.75. The fourth-order valence-electron chi connectivity index (χ4n) is 2.12. The van der Waals surface area contributed by atoms with E-state index in [1.165, 1.54) is 59.6 Å². The number of nitrogens with two attached hydrogens (primary N) is 1. The summed E-state index contributed by atoms with van der Waals surface area (Å²) in [5.41, 5.74) is 6.62. The highest BCUT2D eigenvalue weighted by Gasteiger charge is 2.30. The maximum Gasteiger partial charge on any atom is 0.573 e. The smallest absolute Gasteiger partial charge is 0.406 e. The summed E-state index contributed by atoms with van der Waals surface area (Å²) in [6, 6.07) is 9.45. The number of aromatic nitrogens is 3. The predicted octanol–water partition coefficient (Wildman–Crippen LogP) is 4.06. The molecule has 0 saturated carbocycles. The van der Waals surface area contributed by atoms with Crippen molar-refractivity contribution in [2.24, 2.45) is 0 Å². The molecule has 0 aliphatic heterocycles. The van der Waals surface area contributed by atoms with E-state index in [-0.39, 0.29) is 5.75 Å². The molecule has 9 heteroatoms. The molecule has 26 heavy (non-hydrogen) atoms. The minimum Gasteiger partial charge on any atom is -0.406 e. The standard InChI is InChI=1S/C17H12F4N4O/c18-15-9-12(22)3-1-11(15)2-8-16-23-10-25(24-16)13-4-6-14(7-5-13)26-17(19,20)21/h1-10H,22H2. The Morgan fingerprint density at radius 1 is 1.04 bits per heavy atom. The molecule has 1 heterocycles. The van der Waals surface area contributed by atoms with Crippen LogP contribution in [0, 0.1) is 5.82 Å². The summed E-state index contributed by atoms with van der Waals surface area (Å²) in [7, 11) is 0. The van der Waals surface area contributed by atoms with E-state index in [0.29, 0.717) is 22.8 Å². The van der Waals surface area contributed by atoms with Crippen LogP contribution in [0.1, 0.15) is 11.4 Å². The highest BCUT2D eigenvalue weighted by Crippen LogP contribution is 2.23. The van der Waals surface area contributed by atoms with Gasteiger partial charge >= 0.3 is 6.36 Å². The molecule has 134 valence electrons. The molecule has 0 atom stereocenters. The predicted molar refractivity (Wildman–Crippen MR) is 87.8 cm³/mol. The summed E-state index contributed by atoms with van der Waals surface area (Å²) in [5.74, 6) is -0.502. The van der Waals surface area contributed by atoms with Crippen LogP contribution in [0.3, 0.4) is 0 Å². The molecule has 0 aliphatic rings. The van der Waals surface area contributed by atoms with Crippen LogP contribution in [0.4, 0.5) is 23.2 Å². The molecule has 2 aromatic carbocycles. The fraction of sp³-hybridized carbons (Fsp3) is 0.0588. The summed E-state index contributed by atoms with van der Waals surface area (Å²) in [6.45, 7) is 0. The molecular formula is C17H12F4N4O. The molecule has 3 rings (SSSR count). The lowest BCUT2D eigenvalue weighted by Crippen LogP contribution is -2.17. The first-order chi connectivity index (χ1) is 12.3. The van der Waals surface area contributed by atoms with Crippen molar-refractivity contribution in [3.63, 3.8) is 0 Å². The molecule has 0 spiro atoms. The average molecular weight is 364 g/mol. The van der Waals surface area contributed by atoms with Crippen LogP contribution in [-0.2, 0) is 0 Å². The Bertz CT molecular complexity index is 933. The zero-order chi connectivity index (χ0) is 18.7. The maximum absolute atomic E-state index is 13.7. The van der Waals surface area contributed by atoms with Gasteiger partial charge in [0.1, 0.15) is 17.9 Å². The minimum absolute atomic E-state index is 0.303. The zero-order valence-corrected chi connectivity index (χ0v) is 13.1. The second-order valence-corrected chi connectivity index (χ2v) is 5.20. The first kappa shape index (κ1) is 17.5. The fourth-order valence-corrected chi connectivity index (χ4v) is 2.12. The number of benzene rings is 2. The van der Waals surface area contributed by atoms with Crippen molar-refractivity contribution in [2.75, 3.05) is 5.73 Å². The highest BCUT2D eigenvalue weighted by molar-refractivity contribution is 5.67. The molecule has 0 radical (unpaired) electrons. The Hall–Kier alpha value is -3.36. The number of hydrogen-bond donors (Lipinski definition) is 1. The average Bonchev–Trinajstić information content (AvgIpc) is 3.02. The van der Waals surface area contributed by atoms with Gasteiger partial charge in [0, 0.05) is 11.3 Å². The molecule has 0 unspecified atom stereocenters. The molecule has 2 N–H and O–H groups in total. The van der Waals surface area contributed by atoms with E-state index in [2.05, 4.69) is 14.8 Å². The molecule has 5 nitrogen and oxygen atoms in total. The van der Waals surface area contributed by atoms with Gasteiger partial charge in [0.15, 0.2) is 5.82 Å². The first-order valence-electron chi connectivity index (χ1n) is 7.31. The van der Waals surface area contributed by atoms with Crippen molar-refractivity contribution in [2.45, 2.75) is 6.36 Å². The quantitative estimate of drug-likeness (QED) is 0.560. The van der Waals surface area contributed by atoms with Gasteiger partial charge in [-0.05, 0) is 54.6 Å². The molecule has 0 aliphatic carbocycles. The summed E-state index contributed by atoms with van der Waals surface area (Å²) >= 11 is 0. The van der Waals surface area contributed by atoms with Crippen LogP contribution in [0.2, 0.25) is 0 Å². The van der Waals surface area contributed by atoms with Crippen molar-refractivity contribution in [3.05, 3.63) is 66.0 Å². The van der Waals surface area contributed by atoms with Gasteiger partial charge in [-0.1, -0.05) is 0 Å². The number of nitrogens with zero attached hydrogens (tertiary/aromatic N) is 3. The number of alkyl halides is 3. The Morgan fingerprint density at radius 2 is 1.77 bits per heavy atom. The SMILES string of the molecule is Nc1ccc(C=Cc2ncn(-c3ccc(OC(F)(F)F)cc3)n2)c(F)c1. The van der Waals surface area contributed by atoms with E-state index in [4.69, 9.17) is 5.73 Å². The Balaban J connectivity index is 1.74. The summed E-state index contributed by atoms with van der Waals surface area (Å²) in [4.78, 5) is 4.04. The van der Waals surface area contributed by atoms with Crippen LogP contribution >= 0.6 is 0 Å².